The van der Waals surface area contributed by atoms with Gasteiger partial charge in [0.25, 0.3) is 0 Å². The van der Waals surface area contributed by atoms with Gasteiger partial charge in [0.1, 0.15) is 13.7 Å². The van der Waals surface area contributed by atoms with Crippen LogP contribution in [0.2, 0.25) is 0 Å². The highest BCUT2D eigenvalue weighted by Gasteiger charge is 2.14. The Bertz CT molecular complexity index is 1300. The molecule has 1 heterocycles. The van der Waals surface area contributed by atoms with Gasteiger partial charge in [0, 0.05) is 24.1 Å². The van der Waals surface area contributed by atoms with Crippen LogP contribution in [-0.2, 0) is 17.8 Å². The van der Waals surface area contributed by atoms with Crippen LogP contribution in [0.1, 0.15) is 16.7 Å². The number of carbonyl (C=O) groups is 1. The van der Waals surface area contributed by atoms with Gasteiger partial charge in [0.2, 0.25) is 11.9 Å². The number of aromatic nitrogens is 2. The standard InChI is InChI=1S/C27H27BN6O/c1-18-7-5-10-20(13-18)16-30-25-23(28)17-31-27(34-25)33-22-12-6-11-21(15-22)32-26(35)24(29)14-19-8-3-2-4-9-19/h2-13,15,17,24H,14,16,29H2,1H3,(H,32,35)(H2,30,31,33,34). The first-order valence-electron chi connectivity index (χ1n) is 11.4. The molecule has 35 heavy (non-hydrogen) atoms. The zero-order chi connectivity index (χ0) is 24.6. The topological polar surface area (TPSA) is 105 Å². The summed E-state index contributed by atoms with van der Waals surface area (Å²) in [7, 11) is 6.06. The van der Waals surface area contributed by atoms with Crippen molar-refractivity contribution >= 4 is 42.4 Å². The number of benzene rings is 3. The smallest absolute Gasteiger partial charge is 0.241 e. The molecule has 0 aliphatic carbocycles. The molecule has 1 unspecified atom stereocenters. The van der Waals surface area contributed by atoms with Crippen molar-refractivity contribution in [3.8, 4) is 0 Å². The van der Waals surface area contributed by atoms with Crippen molar-refractivity contribution in [3.05, 3.63) is 102 Å². The lowest BCUT2D eigenvalue weighted by molar-refractivity contribution is -0.117. The number of carbonyl (C=O) groups excluding carboxylic acids is 1. The predicted molar refractivity (Wildman–Crippen MR) is 142 cm³/mol. The normalized spacial score (nSPS) is 11.5. The van der Waals surface area contributed by atoms with E-state index in [1.54, 1.807) is 18.3 Å². The number of nitrogens with two attached hydrogens (primary N) is 1. The molecule has 0 fully saturated rings. The fourth-order valence-corrected chi connectivity index (χ4v) is 3.60. The Kier molecular flexibility index (Phi) is 7.75. The van der Waals surface area contributed by atoms with E-state index in [9.17, 15) is 4.79 Å². The molecule has 7 nitrogen and oxygen atoms in total. The van der Waals surface area contributed by atoms with E-state index < -0.39 is 6.04 Å². The molecular formula is C27H27BN6O. The molecule has 1 amide bonds. The Morgan fingerprint density at radius 3 is 2.51 bits per heavy atom. The Labute approximate surface area is 206 Å². The van der Waals surface area contributed by atoms with E-state index in [-0.39, 0.29) is 5.91 Å². The minimum absolute atomic E-state index is 0.252. The molecule has 0 saturated heterocycles. The second kappa shape index (κ2) is 11.3. The van der Waals surface area contributed by atoms with Gasteiger partial charge in [-0.05, 0) is 48.1 Å². The first kappa shape index (κ1) is 24.0. The summed E-state index contributed by atoms with van der Waals surface area (Å²) in [6, 6.07) is 24.5. The molecule has 174 valence electrons. The number of rotatable bonds is 9. The molecule has 0 spiro atoms. The number of hydrogen-bond acceptors (Lipinski definition) is 6. The van der Waals surface area contributed by atoms with Gasteiger partial charge in [-0.15, -0.1) is 0 Å². The fourth-order valence-electron chi connectivity index (χ4n) is 3.60. The van der Waals surface area contributed by atoms with Gasteiger partial charge in [-0.25, -0.2) is 4.98 Å². The molecule has 1 atom stereocenters. The molecule has 0 bridgehead atoms. The number of hydrogen-bond donors (Lipinski definition) is 4. The summed E-state index contributed by atoms with van der Waals surface area (Å²) in [6.45, 7) is 2.64. The molecule has 8 heteroatoms. The van der Waals surface area contributed by atoms with Crippen LogP contribution < -0.4 is 27.1 Å². The van der Waals surface area contributed by atoms with Gasteiger partial charge >= 0.3 is 0 Å². The van der Waals surface area contributed by atoms with Crippen molar-refractivity contribution in [1.29, 1.82) is 0 Å². The van der Waals surface area contributed by atoms with E-state index in [4.69, 9.17) is 13.6 Å². The fraction of sp³-hybridized carbons (Fsp3) is 0.148. The van der Waals surface area contributed by atoms with E-state index in [2.05, 4.69) is 45.0 Å². The van der Waals surface area contributed by atoms with Gasteiger partial charge < -0.3 is 21.7 Å². The Balaban J connectivity index is 1.39. The lowest BCUT2D eigenvalue weighted by atomic mass is 9.99. The zero-order valence-corrected chi connectivity index (χ0v) is 19.5. The number of nitrogens with zero attached hydrogens (tertiary/aromatic N) is 2. The summed E-state index contributed by atoms with van der Waals surface area (Å²) in [5.74, 6) is 0.674. The van der Waals surface area contributed by atoms with Crippen LogP contribution in [0.25, 0.3) is 0 Å². The third-order valence-electron chi connectivity index (χ3n) is 5.38. The third-order valence-corrected chi connectivity index (χ3v) is 5.38. The number of amides is 1. The van der Waals surface area contributed by atoms with E-state index in [1.807, 2.05) is 54.6 Å². The SMILES string of the molecule is [B]c1cnc(Nc2cccc(NC(=O)C(N)Cc3ccccc3)c2)nc1NCc1cccc(C)c1. The first-order chi connectivity index (χ1) is 17.0. The largest absolute Gasteiger partial charge is 0.366 e. The highest BCUT2D eigenvalue weighted by atomic mass is 16.2. The van der Waals surface area contributed by atoms with Crippen LogP contribution in [0.15, 0.2) is 85.1 Å². The van der Waals surface area contributed by atoms with Gasteiger partial charge in [-0.1, -0.05) is 66.2 Å². The Hall–Kier alpha value is -4.17. The second-order valence-corrected chi connectivity index (χ2v) is 8.33. The molecule has 2 radical (unpaired) electrons. The maximum atomic E-state index is 12.6. The van der Waals surface area contributed by atoms with Crippen molar-refractivity contribution in [2.45, 2.75) is 25.9 Å². The van der Waals surface area contributed by atoms with Crippen LogP contribution in [0, 0.1) is 6.92 Å². The summed E-state index contributed by atoms with van der Waals surface area (Å²) in [6.07, 6.45) is 2.02. The van der Waals surface area contributed by atoms with Crippen LogP contribution in [0.4, 0.5) is 23.1 Å². The maximum Gasteiger partial charge on any atom is 0.241 e. The van der Waals surface area contributed by atoms with E-state index in [0.29, 0.717) is 41.6 Å². The van der Waals surface area contributed by atoms with Gasteiger partial charge in [0.15, 0.2) is 0 Å². The monoisotopic (exact) mass is 462 g/mol. The van der Waals surface area contributed by atoms with E-state index >= 15 is 0 Å². The number of aryl methyl sites for hydroxylation is 1. The number of nitrogens with one attached hydrogen (secondary N) is 3. The van der Waals surface area contributed by atoms with E-state index in [0.717, 1.165) is 11.1 Å². The van der Waals surface area contributed by atoms with Gasteiger partial charge in [-0.3, -0.25) is 4.79 Å². The van der Waals surface area contributed by atoms with Gasteiger partial charge in [-0.2, -0.15) is 4.98 Å². The van der Waals surface area contributed by atoms with Gasteiger partial charge in [0.05, 0.1) is 6.04 Å². The highest BCUT2D eigenvalue weighted by Crippen LogP contribution is 2.19. The Morgan fingerprint density at radius 1 is 0.971 bits per heavy atom. The molecule has 0 saturated carbocycles. The summed E-state index contributed by atoms with van der Waals surface area (Å²) in [5, 5.41) is 9.30. The van der Waals surface area contributed by atoms with Crippen molar-refractivity contribution in [1.82, 2.24) is 9.97 Å². The van der Waals surface area contributed by atoms with Crippen LogP contribution in [0.5, 0.6) is 0 Å². The Morgan fingerprint density at radius 2 is 1.71 bits per heavy atom. The van der Waals surface area contributed by atoms with Crippen LogP contribution in [-0.4, -0.2) is 29.8 Å². The van der Waals surface area contributed by atoms with Crippen molar-refractivity contribution in [3.63, 3.8) is 0 Å². The predicted octanol–water partition coefficient (Wildman–Crippen LogP) is 3.44. The molecule has 4 aromatic rings. The second-order valence-electron chi connectivity index (χ2n) is 8.33. The van der Waals surface area contributed by atoms with E-state index in [1.165, 1.54) is 5.56 Å². The molecular weight excluding hydrogens is 435 g/mol. The minimum atomic E-state index is -0.656. The molecule has 3 aromatic carbocycles. The third kappa shape index (κ3) is 6.91. The lowest BCUT2D eigenvalue weighted by Crippen LogP contribution is -2.37. The van der Waals surface area contributed by atoms with Crippen molar-refractivity contribution in [2.75, 3.05) is 16.0 Å². The van der Waals surface area contributed by atoms with Crippen LogP contribution in [0.3, 0.4) is 0 Å². The van der Waals surface area contributed by atoms with Crippen molar-refractivity contribution in [2.24, 2.45) is 5.73 Å². The minimum Gasteiger partial charge on any atom is -0.366 e. The quantitative estimate of drug-likeness (QED) is 0.284. The summed E-state index contributed by atoms with van der Waals surface area (Å²) >= 11 is 0. The first-order valence-corrected chi connectivity index (χ1v) is 11.4. The average Bonchev–Trinajstić information content (AvgIpc) is 2.85. The van der Waals surface area contributed by atoms with Crippen LogP contribution >= 0.6 is 0 Å². The maximum absolute atomic E-state index is 12.6. The molecule has 0 aliphatic rings. The molecule has 1 aromatic heterocycles. The summed E-state index contributed by atoms with van der Waals surface area (Å²) in [4.78, 5) is 21.4. The molecule has 4 rings (SSSR count). The zero-order valence-electron chi connectivity index (χ0n) is 19.5. The average molecular weight is 462 g/mol. The summed E-state index contributed by atoms with van der Waals surface area (Å²) in [5.41, 5.74) is 11.2. The number of anilines is 4. The van der Waals surface area contributed by atoms with Crippen molar-refractivity contribution < 1.29 is 4.79 Å². The summed E-state index contributed by atoms with van der Waals surface area (Å²) < 4.78 is 0. The molecule has 5 N–H and O–H groups in total. The molecule has 0 aliphatic heterocycles. The highest BCUT2D eigenvalue weighted by molar-refractivity contribution is 6.35. The lowest BCUT2D eigenvalue weighted by Gasteiger charge is -2.14.